The van der Waals surface area contributed by atoms with Crippen LogP contribution in [0.2, 0.25) is 5.02 Å². The van der Waals surface area contributed by atoms with E-state index in [4.69, 9.17) is 16.7 Å². The van der Waals surface area contributed by atoms with Crippen molar-refractivity contribution in [3.63, 3.8) is 0 Å². The van der Waals surface area contributed by atoms with Gasteiger partial charge in [-0.05, 0) is 12.1 Å². The van der Waals surface area contributed by atoms with Gasteiger partial charge in [0.05, 0.1) is 35.2 Å². The lowest BCUT2D eigenvalue weighted by Gasteiger charge is -2.08. The zero-order chi connectivity index (χ0) is 14.8. The van der Waals surface area contributed by atoms with Crippen molar-refractivity contribution in [1.29, 1.82) is 0 Å². The Kier molecular flexibility index (Phi) is 3.67. The number of halogens is 1. The van der Waals surface area contributed by atoms with Crippen molar-refractivity contribution in [2.45, 2.75) is 6.54 Å². The number of rotatable bonds is 5. The highest BCUT2D eigenvalue weighted by atomic mass is 35.5. The van der Waals surface area contributed by atoms with Gasteiger partial charge in [0.1, 0.15) is 11.0 Å². The molecular weight excluding hydrogens is 316 g/mol. The normalized spacial score (nSPS) is 10.9. The molecule has 0 amide bonds. The molecule has 10 heteroatoms. The Morgan fingerprint density at radius 2 is 2.29 bits per heavy atom. The standard InChI is InChI=1S/C11H9ClN6O2S/c12-6-1-2-7-10(16-21-15-7)9(6)13-3-4-18-5-8(11(19)20)14-17-18/h1-2,5,13H,3-4H2,(H,19,20). The maximum absolute atomic E-state index is 10.7. The SMILES string of the molecule is O=C(O)c1cn(CCNc2c(Cl)ccc3nsnc23)nn1. The monoisotopic (exact) mass is 324 g/mol. The zero-order valence-electron chi connectivity index (χ0n) is 10.5. The van der Waals surface area contributed by atoms with Gasteiger partial charge < -0.3 is 10.4 Å². The van der Waals surface area contributed by atoms with Crippen LogP contribution in [0, 0.1) is 0 Å². The summed E-state index contributed by atoms with van der Waals surface area (Å²) >= 11 is 7.27. The van der Waals surface area contributed by atoms with Crippen molar-refractivity contribution >= 4 is 46.0 Å². The van der Waals surface area contributed by atoms with Crippen LogP contribution in [0.15, 0.2) is 18.3 Å². The highest BCUT2D eigenvalue weighted by Gasteiger charge is 2.10. The maximum atomic E-state index is 10.7. The molecule has 0 atom stereocenters. The number of carboxylic acid groups (broad SMARTS) is 1. The summed E-state index contributed by atoms with van der Waals surface area (Å²) in [5.74, 6) is -1.10. The first kappa shape index (κ1) is 13.7. The second kappa shape index (κ2) is 5.62. The number of carbonyl (C=O) groups is 1. The van der Waals surface area contributed by atoms with Gasteiger partial charge in [-0.3, -0.25) is 0 Å². The Labute approximate surface area is 127 Å². The third-order valence-corrected chi connectivity index (χ3v) is 3.64. The number of benzene rings is 1. The molecule has 2 aromatic heterocycles. The third-order valence-electron chi connectivity index (χ3n) is 2.78. The zero-order valence-corrected chi connectivity index (χ0v) is 12.1. The molecule has 0 unspecified atom stereocenters. The van der Waals surface area contributed by atoms with Crippen molar-refractivity contribution in [2.24, 2.45) is 0 Å². The van der Waals surface area contributed by atoms with Crippen LogP contribution in [0.3, 0.4) is 0 Å². The van der Waals surface area contributed by atoms with Crippen LogP contribution in [0.1, 0.15) is 10.5 Å². The number of anilines is 1. The Morgan fingerprint density at radius 1 is 1.43 bits per heavy atom. The smallest absolute Gasteiger partial charge is 0.358 e. The van der Waals surface area contributed by atoms with Gasteiger partial charge >= 0.3 is 5.97 Å². The molecule has 0 spiro atoms. The lowest BCUT2D eigenvalue weighted by Crippen LogP contribution is -2.11. The number of hydrogen-bond donors (Lipinski definition) is 2. The van der Waals surface area contributed by atoms with Crippen LogP contribution in [-0.2, 0) is 6.54 Å². The fraction of sp³-hybridized carbons (Fsp3) is 0.182. The molecule has 21 heavy (non-hydrogen) atoms. The summed E-state index contributed by atoms with van der Waals surface area (Å²) in [7, 11) is 0. The molecule has 2 N–H and O–H groups in total. The molecule has 1 aromatic carbocycles. The van der Waals surface area contributed by atoms with Gasteiger partial charge in [-0.1, -0.05) is 16.8 Å². The highest BCUT2D eigenvalue weighted by molar-refractivity contribution is 7.00. The first-order valence-electron chi connectivity index (χ1n) is 5.93. The summed E-state index contributed by atoms with van der Waals surface area (Å²) in [6, 6.07) is 3.56. The van der Waals surface area contributed by atoms with E-state index in [1.165, 1.54) is 10.9 Å². The van der Waals surface area contributed by atoms with Crippen LogP contribution >= 0.6 is 23.3 Å². The molecule has 0 saturated carbocycles. The summed E-state index contributed by atoms with van der Waals surface area (Å²) in [5, 5.41) is 19.8. The van der Waals surface area contributed by atoms with Crippen LogP contribution in [0.4, 0.5) is 5.69 Å². The predicted molar refractivity (Wildman–Crippen MR) is 77.9 cm³/mol. The summed E-state index contributed by atoms with van der Waals surface area (Å²) in [4.78, 5) is 10.7. The van der Waals surface area contributed by atoms with Crippen molar-refractivity contribution in [3.05, 3.63) is 29.0 Å². The number of aromatic nitrogens is 5. The minimum atomic E-state index is -1.10. The minimum absolute atomic E-state index is 0.0844. The minimum Gasteiger partial charge on any atom is -0.476 e. The van der Waals surface area contributed by atoms with E-state index in [1.807, 2.05) is 6.07 Å². The molecule has 108 valence electrons. The second-order valence-electron chi connectivity index (χ2n) is 4.15. The Bertz CT molecular complexity index is 801. The average Bonchev–Trinajstić information content (AvgIpc) is 3.10. The fourth-order valence-electron chi connectivity index (χ4n) is 1.80. The first-order chi connectivity index (χ1) is 10.1. The maximum Gasteiger partial charge on any atom is 0.358 e. The average molecular weight is 325 g/mol. The molecule has 0 aliphatic heterocycles. The van der Waals surface area contributed by atoms with Crippen LogP contribution in [-0.4, -0.2) is 41.4 Å². The molecule has 0 saturated heterocycles. The van der Waals surface area contributed by atoms with Gasteiger partial charge in [-0.25, -0.2) is 9.48 Å². The number of fused-ring (bicyclic) bond motifs is 1. The highest BCUT2D eigenvalue weighted by Crippen LogP contribution is 2.29. The lowest BCUT2D eigenvalue weighted by atomic mass is 10.2. The number of hydrogen-bond acceptors (Lipinski definition) is 7. The van der Waals surface area contributed by atoms with Gasteiger partial charge in [0.15, 0.2) is 5.69 Å². The first-order valence-corrected chi connectivity index (χ1v) is 7.04. The van der Waals surface area contributed by atoms with Crippen molar-refractivity contribution in [1.82, 2.24) is 23.7 Å². The van der Waals surface area contributed by atoms with Crippen LogP contribution in [0.25, 0.3) is 11.0 Å². The third kappa shape index (κ3) is 2.78. The molecule has 3 rings (SSSR count). The van der Waals surface area contributed by atoms with Gasteiger partial charge in [0.25, 0.3) is 0 Å². The Morgan fingerprint density at radius 3 is 3.05 bits per heavy atom. The van der Waals surface area contributed by atoms with Crippen molar-refractivity contribution in [2.75, 3.05) is 11.9 Å². The number of nitrogens with one attached hydrogen (secondary N) is 1. The number of carboxylic acids is 1. The largest absolute Gasteiger partial charge is 0.476 e. The van der Waals surface area contributed by atoms with E-state index in [-0.39, 0.29) is 5.69 Å². The molecule has 0 aliphatic rings. The predicted octanol–water partition coefficient (Wildman–Crippen LogP) is 1.75. The molecule has 8 nitrogen and oxygen atoms in total. The molecule has 0 radical (unpaired) electrons. The second-order valence-corrected chi connectivity index (χ2v) is 5.09. The quantitative estimate of drug-likeness (QED) is 0.736. The van der Waals surface area contributed by atoms with E-state index in [0.29, 0.717) is 23.8 Å². The van der Waals surface area contributed by atoms with E-state index >= 15 is 0 Å². The Balaban J connectivity index is 1.70. The molecule has 0 fully saturated rings. The molecule has 0 aliphatic carbocycles. The van der Waals surface area contributed by atoms with Crippen molar-refractivity contribution in [3.8, 4) is 0 Å². The Hall–Kier alpha value is -2.26. The van der Waals surface area contributed by atoms with E-state index in [2.05, 4.69) is 24.4 Å². The van der Waals surface area contributed by atoms with Crippen LogP contribution < -0.4 is 5.32 Å². The molecule has 2 heterocycles. The van der Waals surface area contributed by atoms with E-state index in [0.717, 1.165) is 22.8 Å². The van der Waals surface area contributed by atoms with Crippen molar-refractivity contribution < 1.29 is 9.90 Å². The summed E-state index contributed by atoms with van der Waals surface area (Å²) in [5.41, 5.74) is 2.12. The topological polar surface area (TPSA) is 106 Å². The van der Waals surface area contributed by atoms with E-state index < -0.39 is 5.97 Å². The summed E-state index contributed by atoms with van der Waals surface area (Å²) < 4.78 is 9.80. The van der Waals surface area contributed by atoms with Gasteiger partial charge in [-0.2, -0.15) is 8.75 Å². The molecular formula is C11H9ClN6O2S. The van der Waals surface area contributed by atoms with E-state index in [1.54, 1.807) is 6.07 Å². The molecule has 3 aromatic rings. The fourth-order valence-corrected chi connectivity index (χ4v) is 2.56. The van der Waals surface area contributed by atoms with Crippen LogP contribution in [0.5, 0.6) is 0 Å². The van der Waals surface area contributed by atoms with Gasteiger partial charge in [-0.15, -0.1) is 5.10 Å². The summed E-state index contributed by atoms with van der Waals surface area (Å²) in [6.45, 7) is 0.948. The molecule has 0 bridgehead atoms. The summed E-state index contributed by atoms with van der Waals surface area (Å²) in [6.07, 6.45) is 1.37. The van der Waals surface area contributed by atoms with Gasteiger partial charge in [0, 0.05) is 6.54 Å². The number of aromatic carboxylic acids is 1. The number of nitrogens with zero attached hydrogens (tertiary/aromatic N) is 5. The lowest BCUT2D eigenvalue weighted by molar-refractivity contribution is 0.0690. The van der Waals surface area contributed by atoms with Gasteiger partial charge in [0.2, 0.25) is 0 Å². The van der Waals surface area contributed by atoms with E-state index in [9.17, 15) is 4.79 Å².